The molecule has 0 fully saturated rings. The van der Waals surface area contributed by atoms with Crippen molar-refractivity contribution in [2.75, 3.05) is 31.3 Å². The van der Waals surface area contributed by atoms with Crippen LogP contribution in [-0.2, 0) is 0 Å². The maximum atomic E-state index is 12.2. The van der Waals surface area contributed by atoms with Gasteiger partial charge in [-0.3, -0.25) is 4.79 Å². The number of anilines is 1. The van der Waals surface area contributed by atoms with Gasteiger partial charge in [0.15, 0.2) is 5.13 Å². The summed E-state index contributed by atoms with van der Waals surface area (Å²) >= 11 is 3.14. The molecule has 2 aromatic rings. The van der Waals surface area contributed by atoms with E-state index in [-0.39, 0.29) is 5.91 Å². The lowest BCUT2D eigenvalue weighted by Crippen LogP contribution is -2.28. The Balaban J connectivity index is 2.22. The van der Waals surface area contributed by atoms with Gasteiger partial charge >= 0.3 is 0 Å². The molecular weight excluding hydrogens is 266 g/mol. The second kappa shape index (κ2) is 5.58. The standard InChI is InChI=1S/C12H15N3OS2/c1-15(5-6-17-2)11(16)8-3-4-9-10(7-8)18-12(13)14-9/h3-4,7H,5-6H2,1-2H3,(H2,13,14). The Morgan fingerprint density at radius 2 is 2.33 bits per heavy atom. The number of nitrogen functional groups attached to an aromatic ring is 1. The van der Waals surface area contributed by atoms with E-state index in [1.165, 1.54) is 11.3 Å². The molecule has 0 saturated heterocycles. The Bertz CT molecular complexity index is 567. The molecule has 18 heavy (non-hydrogen) atoms. The fourth-order valence-corrected chi connectivity index (χ4v) is 2.86. The van der Waals surface area contributed by atoms with E-state index in [1.54, 1.807) is 22.7 Å². The maximum absolute atomic E-state index is 12.2. The zero-order valence-electron chi connectivity index (χ0n) is 10.3. The molecule has 1 aromatic heterocycles. The Labute approximate surface area is 114 Å². The average molecular weight is 281 g/mol. The molecule has 1 amide bonds. The highest BCUT2D eigenvalue weighted by atomic mass is 32.2. The van der Waals surface area contributed by atoms with E-state index in [0.29, 0.717) is 10.7 Å². The Kier molecular flexibility index (Phi) is 4.08. The molecule has 0 bridgehead atoms. The molecule has 0 aliphatic heterocycles. The van der Waals surface area contributed by atoms with Crippen LogP contribution in [0.3, 0.4) is 0 Å². The number of aromatic nitrogens is 1. The SMILES string of the molecule is CSCCN(C)C(=O)c1ccc2nc(N)sc2c1. The molecule has 4 nitrogen and oxygen atoms in total. The van der Waals surface area contributed by atoms with Crippen molar-refractivity contribution >= 4 is 44.4 Å². The van der Waals surface area contributed by atoms with Gasteiger partial charge in [-0.15, -0.1) is 0 Å². The molecule has 0 saturated carbocycles. The number of thioether (sulfide) groups is 1. The summed E-state index contributed by atoms with van der Waals surface area (Å²) in [7, 11) is 1.82. The van der Waals surface area contributed by atoms with Gasteiger partial charge in [-0.05, 0) is 24.5 Å². The van der Waals surface area contributed by atoms with E-state index in [0.717, 1.165) is 22.5 Å². The van der Waals surface area contributed by atoms with Crippen LogP contribution in [0.2, 0.25) is 0 Å². The van der Waals surface area contributed by atoms with Gasteiger partial charge in [0.1, 0.15) is 0 Å². The van der Waals surface area contributed by atoms with Crippen molar-refractivity contribution in [3.05, 3.63) is 23.8 Å². The number of thiazole rings is 1. The second-order valence-corrected chi connectivity index (χ2v) is 6.00. The Hall–Kier alpha value is -1.27. The number of amides is 1. The number of carbonyl (C=O) groups excluding carboxylic acids is 1. The molecule has 1 aromatic carbocycles. The van der Waals surface area contributed by atoms with Crippen molar-refractivity contribution in [1.29, 1.82) is 0 Å². The van der Waals surface area contributed by atoms with Crippen molar-refractivity contribution in [2.24, 2.45) is 0 Å². The molecule has 0 spiro atoms. The molecule has 0 unspecified atom stereocenters. The molecule has 2 N–H and O–H groups in total. The van der Waals surface area contributed by atoms with Crippen LogP contribution in [0.5, 0.6) is 0 Å². The van der Waals surface area contributed by atoms with Gasteiger partial charge in [-0.1, -0.05) is 11.3 Å². The normalized spacial score (nSPS) is 10.8. The summed E-state index contributed by atoms with van der Waals surface area (Å²) in [4.78, 5) is 18.1. The summed E-state index contributed by atoms with van der Waals surface area (Å²) in [5.41, 5.74) is 7.19. The summed E-state index contributed by atoms with van der Waals surface area (Å²) in [6, 6.07) is 5.51. The molecule has 0 aliphatic carbocycles. The molecule has 2 rings (SSSR count). The van der Waals surface area contributed by atoms with Crippen LogP contribution >= 0.6 is 23.1 Å². The lowest BCUT2D eigenvalue weighted by molar-refractivity contribution is 0.0804. The first-order chi connectivity index (χ1) is 8.61. The predicted octanol–water partition coefficient (Wildman–Crippen LogP) is 2.31. The Morgan fingerprint density at radius 3 is 3.06 bits per heavy atom. The molecule has 0 atom stereocenters. The molecule has 0 radical (unpaired) electrons. The van der Waals surface area contributed by atoms with E-state index < -0.39 is 0 Å². The monoisotopic (exact) mass is 281 g/mol. The molecule has 6 heteroatoms. The highest BCUT2D eigenvalue weighted by molar-refractivity contribution is 7.98. The largest absolute Gasteiger partial charge is 0.375 e. The summed E-state index contributed by atoms with van der Waals surface area (Å²) in [6.45, 7) is 0.753. The maximum Gasteiger partial charge on any atom is 0.253 e. The Morgan fingerprint density at radius 1 is 1.56 bits per heavy atom. The minimum absolute atomic E-state index is 0.0397. The van der Waals surface area contributed by atoms with Gasteiger partial charge in [-0.2, -0.15) is 11.8 Å². The molecule has 96 valence electrons. The summed E-state index contributed by atoms with van der Waals surface area (Å²) < 4.78 is 0.955. The minimum atomic E-state index is 0.0397. The number of nitrogens with two attached hydrogens (primary N) is 1. The minimum Gasteiger partial charge on any atom is -0.375 e. The quantitative estimate of drug-likeness (QED) is 0.934. The van der Waals surface area contributed by atoms with Crippen LogP contribution in [0.4, 0.5) is 5.13 Å². The second-order valence-electron chi connectivity index (χ2n) is 3.95. The van der Waals surface area contributed by atoms with E-state index in [4.69, 9.17) is 5.73 Å². The number of hydrogen-bond acceptors (Lipinski definition) is 5. The van der Waals surface area contributed by atoms with Gasteiger partial charge in [0.25, 0.3) is 5.91 Å². The fourth-order valence-electron chi connectivity index (χ4n) is 1.63. The average Bonchev–Trinajstić information content (AvgIpc) is 2.73. The highest BCUT2D eigenvalue weighted by Gasteiger charge is 2.12. The third-order valence-electron chi connectivity index (χ3n) is 2.63. The summed E-state index contributed by atoms with van der Waals surface area (Å²) in [5, 5.41) is 0.533. The topological polar surface area (TPSA) is 59.2 Å². The molecular formula is C12H15N3OS2. The lowest BCUT2D eigenvalue weighted by atomic mass is 10.2. The third-order valence-corrected chi connectivity index (χ3v) is 4.07. The zero-order chi connectivity index (χ0) is 13.1. The molecule has 1 heterocycles. The molecule has 0 aliphatic rings. The van der Waals surface area contributed by atoms with E-state index >= 15 is 0 Å². The van der Waals surface area contributed by atoms with Crippen LogP contribution < -0.4 is 5.73 Å². The van der Waals surface area contributed by atoms with Crippen LogP contribution in [0, 0.1) is 0 Å². The summed E-state index contributed by atoms with van der Waals surface area (Å²) in [5.74, 6) is 0.982. The van der Waals surface area contributed by atoms with Gasteiger partial charge in [0, 0.05) is 24.9 Å². The number of carbonyl (C=O) groups is 1. The zero-order valence-corrected chi connectivity index (χ0v) is 12.0. The van der Waals surface area contributed by atoms with Gasteiger partial charge in [0.2, 0.25) is 0 Å². The van der Waals surface area contributed by atoms with Crippen molar-refractivity contribution in [1.82, 2.24) is 9.88 Å². The first-order valence-electron chi connectivity index (χ1n) is 5.52. The lowest BCUT2D eigenvalue weighted by Gasteiger charge is -2.16. The van der Waals surface area contributed by atoms with E-state index in [9.17, 15) is 4.79 Å². The van der Waals surface area contributed by atoms with Gasteiger partial charge in [-0.25, -0.2) is 4.98 Å². The third kappa shape index (κ3) is 2.76. The van der Waals surface area contributed by atoms with E-state index in [2.05, 4.69) is 4.98 Å². The van der Waals surface area contributed by atoms with Crippen LogP contribution in [0.15, 0.2) is 18.2 Å². The van der Waals surface area contributed by atoms with Crippen LogP contribution in [0.25, 0.3) is 10.2 Å². The first-order valence-corrected chi connectivity index (χ1v) is 7.73. The van der Waals surface area contributed by atoms with Crippen molar-refractivity contribution in [3.63, 3.8) is 0 Å². The number of nitrogens with zero attached hydrogens (tertiary/aromatic N) is 2. The predicted molar refractivity (Wildman–Crippen MR) is 79.4 cm³/mol. The van der Waals surface area contributed by atoms with E-state index in [1.807, 2.05) is 25.4 Å². The van der Waals surface area contributed by atoms with Gasteiger partial charge < -0.3 is 10.6 Å². The highest BCUT2D eigenvalue weighted by Crippen LogP contribution is 2.24. The number of rotatable bonds is 4. The van der Waals surface area contributed by atoms with Crippen LogP contribution in [0.1, 0.15) is 10.4 Å². The van der Waals surface area contributed by atoms with Crippen molar-refractivity contribution in [3.8, 4) is 0 Å². The fraction of sp³-hybridized carbons (Fsp3) is 0.333. The van der Waals surface area contributed by atoms with Gasteiger partial charge in [0.05, 0.1) is 10.2 Å². The smallest absolute Gasteiger partial charge is 0.253 e. The van der Waals surface area contributed by atoms with Crippen molar-refractivity contribution in [2.45, 2.75) is 0 Å². The number of benzene rings is 1. The van der Waals surface area contributed by atoms with Crippen LogP contribution in [-0.4, -0.2) is 41.4 Å². The number of hydrogen-bond donors (Lipinski definition) is 1. The van der Waals surface area contributed by atoms with Crippen molar-refractivity contribution < 1.29 is 4.79 Å². The number of fused-ring (bicyclic) bond motifs is 1. The first kappa shape index (κ1) is 13.2. The summed E-state index contributed by atoms with van der Waals surface area (Å²) in [6.07, 6.45) is 2.03.